The molecule has 0 saturated carbocycles. The van der Waals surface area contributed by atoms with Crippen molar-refractivity contribution in [3.05, 3.63) is 64.4 Å². The Morgan fingerprint density at radius 1 is 1.14 bits per heavy atom. The molecule has 28 heavy (non-hydrogen) atoms. The SMILES string of the molecule is CNC(=O)c1ccc(CN(C)Cn2nnn(-c3ccc(OC)cc3)c2=S)cc1. The summed E-state index contributed by atoms with van der Waals surface area (Å²) >= 11 is 5.51. The molecule has 146 valence electrons. The Bertz CT molecular complexity index is 995. The summed E-state index contributed by atoms with van der Waals surface area (Å²) in [6, 6.07) is 15.0. The minimum atomic E-state index is -0.0960. The van der Waals surface area contributed by atoms with Gasteiger partial charge < -0.3 is 10.1 Å². The van der Waals surface area contributed by atoms with Gasteiger partial charge in [0.1, 0.15) is 5.75 Å². The van der Waals surface area contributed by atoms with Crippen LogP contribution in [-0.4, -0.2) is 51.8 Å². The number of methoxy groups -OCH3 is 1. The van der Waals surface area contributed by atoms with Crippen LogP contribution >= 0.6 is 12.2 Å². The minimum absolute atomic E-state index is 0.0960. The molecule has 0 bridgehead atoms. The summed E-state index contributed by atoms with van der Waals surface area (Å²) in [4.78, 5) is 13.7. The van der Waals surface area contributed by atoms with Gasteiger partial charge in [0.15, 0.2) is 0 Å². The van der Waals surface area contributed by atoms with Crippen molar-refractivity contribution >= 4 is 18.1 Å². The van der Waals surface area contributed by atoms with Crippen LogP contribution in [-0.2, 0) is 13.2 Å². The standard InChI is InChI=1S/C19H22N6O2S/c1-20-18(26)15-6-4-14(5-7-15)12-23(2)13-24-19(28)25(22-21-24)16-8-10-17(27-3)11-9-16/h4-11H,12-13H2,1-3H3,(H,20,26). The Morgan fingerprint density at radius 2 is 1.82 bits per heavy atom. The zero-order valence-electron chi connectivity index (χ0n) is 16.0. The van der Waals surface area contributed by atoms with E-state index in [0.717, 1.165) is 17.0 Å². The molecule has 0 aliphatic carbocycles. The van der Waals surface area contributed by atoms with E-state index in [0.29, 0.717) is 23.5 Å². The van der Waals surface area contributed by atoms with E-state index in [1.807, 2.05) is 55.6 Å². The van der Waals surface area contributed by atoms with Crippen molar-refractivity contribution in [3.63, 3.8) is 0 Å². The molecule has 3 rings (SSSR count). The molecule has 0 saturated heterocycles. The van der Waals surface area contributed by atoms with E-state index in [4.69, 9.17) is 17.0 Å². The maximum atomic E-state index is 11.6. The van der Waals surface area contributed by atoms with Crippen LogP contribution in [0.3, 0.4) is 0 Å². The summed E-state index contributed by atoms with van der Waals surface area (Å²) < 4.78 is 8.95. The Kier molecular flexibility index (Phi) is 6.17. The van der Waals surface area contributed by atoms with E-state index in [9.17, 15) is 4.79 Å². The number of amides is 1. The molecule has 0 spiro atoms. The highest BCUT2D eigenvalue weighted by molar-refractivity contribution is 7.71. The Labute approximate surface area is 168 Å². The molecule has 0 atom stereocenters. The minimum Gasteiger partial charge on any atom is -0.497 e. The third kappa shape index (κ3) is 4.44. The number of hydrogen-bond donors (Lipinski definition) is 1. The van der Waals surface area contributed by atoms with E-state index in [1.54, 1.807) is 23.5 Å². The number of carbonyl (C=O) groups excluding carboxylic acids is 1. The maximum Gasteiger partial charge on any atom is 0.251 e. The van der Waals surface area contributed by atoms with Crippen molar-refractivity contribution in [2.75, 3.05) is 21.2 Å². The zero-order valence-corrected chi connectivity index (χ0v) is 16.8. The van der Waals surface area contributed by atoms with Gasteiger partial charge in [0.05, 0.1) is 19.5 Å². The number of nitrogens with zero attached hydrogens (tertiary/aromatic N) is 5. The average molecular weight is 398 g/mol. The van der Waals surface area contributed by atoms with Gasteiger partial charge in [-0.3, -0.25) is 9.69 Å². The Morgan fingerprint density at radius 3 is 2.43 bits per heavy atom. The number of tetrazole rings is 1. The van der Waals surface area contributed by atoms with Crippen LogP contribution < -0.4 is 10.1 Å². The van der Waals surface area contributed by atoms with Gasteiger partial charge in [0.25, 0.3) is 5.91 Å². The van der Waals surface area contributed by atoms with E-state index >= 15 is 0 Å². The first-order chi connectivity index (χ1) is 13.5. The molecule has 0 aliphatic heterocycles. The fourth-order valence-corrected chi connectivity index (χ4v) is 2.98. The van der Waals surface area contributed by atoms with Gasteiger partial charge >= 0.3 is 0 Å². The summed E-state index contributed by atoms with van der Waals surface area (Å²) in [5.41, 5.74) is 2.55. The number of nitrogens with one attached hydrogen (secondary N) is 1. The summed E-state index contributed by atoms with van der Waals surface area (Å²) in [5, 5.41) is 10.9. The highest BCUT2D eigenvalue weighted by Crippen LogP contribution is 2.14. The summed E-state index contributed by atoms with van der Waals surface area (Å²) in [6.45, 7) is 1.18. The van der Waals surface area contributed by atoms with Gasteiger partial charge in [0, 0.05) is 19.2 Å². The van der Waals surface area contributed by atoms with Gasteiger partial charge in [-0.1, -0.05) is 12.1 Å². The number of hydrogen-bond acceptors (Lipinski definition) is 6. The third-order valence-electron chi connectivity index (χ3n) is 4.23. The molecule has 2 aromatic carbocycles. The highest BCUT2D eigenvalue weighted by Gasteiger charge is 2.09. The number of benzene rings is 2. The first-order valence-corrected chi connectivity index (χ1v) is 9.09. The molecule has 3 aromatic rings. The Hall–Kier alpha value is -3.04. The van der Waals surface area contributed by atoms with E-state index in [1.165, 1.54) is 0 Å². The molecular formula is C19H22N6O2S. The first kappa shape index (κ1) is 19.7. The molecule has 1 amide bonds. The van der Waals surface area contributed by atoms with Crippen molar-refractivity contribution in [2.45, 2.75) is 13.2 Å². The van der Waals surface area contributed by atoms with E-state index in [2.05, 4.69) is 20.6 Å². The molecule has 1 N–H and O–H groups in total. The second kappa shape index (κ2) is 8.77. The van der Waals surface area contributed by atoms with Crippen LogP contribution in [0.2, 0.25) is 0 Å². The number of ether oxygens (including phenoxy) is 1. The molecule has 9 heteroatoms. The van der Waals surface area contributed by atoms with Crippen LogP contribution in [0.5, 0.6) is 5.75 Å². The monoisotopic (exact) mass is 398 g/mol. The molecular weight excluding hydrogens is 376 g/mol. The second-order valence-electron chi connectivity index (χ2n) is 6.30. The molecule has 0 radical (unpaired) electrons. The van der Waals surface area contributed by atoms with Crippen molar-refractivity contribution in [2.24, 2.45) is 0 Å². The van der Waals surface area contributed by atoms with Gasteiger partial charge in [-0.25, -0.2) is 4.68 Å². The van der Waals surface area contributed by atoms with Crippen LogP contribution in [0.15, 0.2) is 48.5 Å². The maximum absolute atomic E-state index is 11.6. The second-order valence-corrected chi connectivity index (χ2v) is 6.67. The molecule has 1 aromatic heterocycles. The van der Waals surface area contributed by atoms with Crippen molar-refractivity contribution in [1.29, 1.82) is 0 Å². The van der Waals surface area contributed by atoms with Crippen molar-refractivity contribution < 1.29 is 9.53 Å². The quantitative estimate of drug-likeness (QED) is 0.615. The molecule has 0 aliphatic rings. The van der Waals surface area contributed by atoms with Crippen LogP contribution in [0.1, 0.15) is 15.9 Å². The molecule has 0 unspecified atom stereocenters. The molecule has 8 nitrogen and oxygen atoms in total. The molecule has 0 fully saturated rings. The number of carbonyl (C=O) groups is 1. The third-order valence-corrected chi connectivity index (χ3v) is 4.61. The topological polar surface area (TPSA) is 77.2 Å². The fourth-order valence-electron chi connectivity index (χ4n) is 2.74. The first-order valence-electron chi connectivity index (χ1n) is 8.68. The predicted molar refractivity (Wildman–Crippen MR) is 108 cm³/mol. The zero-order chi connectivity index (χ0) is 20.1. The average Bonchev–Trinajstić information content (AvgIpc) is 3.08. The lowest BCUT2D eigenvalue weighted by Crippen LogP contribution is -2.23. The van der Waals surface area contributed by atoms with Gasteiger partial charge in [0.2, 0.25) is 4.77 Å². The summed E-state index contributed by atoms with van der Waals surface area (Å²) in [7, 11) is 5.21. The lowest BCUT2D eigenvalue weighted by Gasteiger charge is -2.16. The van der Waals surface area contributed by atoms with Gasteiger partial charge in [-0.05, 0) is 71.7 Å². The largest absolute Gasteiger partial charge is 0.497 e. The molecule has 1 heterocycles. The normalized spacial score (nSPS) is 10.9. The number of aromatic nitrogens is 4. The lowest BCUT2D eigenvalue weighted by molar-refractivity contribution is 0.0963. The number of rotatable bonds is 7. The van der Waals surface area contributed by atoms with Crippen molar-refractivity contribution in [1.82, 2.24) is 30.0 Å². The van der Waals surface area contributed by atoms with Crippen LogP contribution in [0.4, 0.5) is 0 Å². The smallest absolute Gasteiger partial charge is 0.251 e. The van der Waals surface area contributed by atoms with Gasteiger partial charge in [-0.15, -0.1) is 0 Å². The summed E-state index contributed by atoms with van der Waals surface area (Å²) in [6.07, 6.45) is 0. The van der Waals surface area contributed by atoms with Crippen LogP contribution in [0.25, 0.3) is 5.69 Å². The van der Waals surface area contributed by atoms with Crippen molar-refractivity contribution in [3.8, 4) is 11.4 Å². The highest BCUT2D eigenvalue weighted by atomic mass is 32.1. The lowest BCUT2D eigenvalue weighted by atomic mass is 10.1. The Balaban J connectivity index is 1.67. The van der Waals surface area contributed by atoms with E-state index in [-0.39, 0.29) is 5.91 Å². The fraction of sp³-hybridized carbons (Fsp3) is 0.263. The van der Waals surface area contributed by atoms with E-state index < -0.39 is 0 Å². The van der Waals surface area contributed by atoms with Crippen LogP contribution in [0, 0.1) is 4.77 Å². The van der Waals surface area contributed by atoms with Gasteiger partial charge in [-0.2, -0.15) is 4.68 Å². The predicted octanol–water partition coefficient (Wildman–Crippen LogP) is 2.26. The summed E-state index contributed by atoms with van der Waals surface area (Å²) in [5.74, 6) is 0.672.